The van der Waals surface area contributed by atoms with Gasteiger partial charge in [-0.1, -0.05) is 12.2 Å². The minimum absolute atomic E-state index is 0.0216. The zero-order valence-electron chi connectivity index (χ0n) is 6.99. The van der Waals surface area contributed by atoms with Gasteiger partial charge >= 0.3 is 0 Å². The molecule has 0 fully saturated rings. The van der Waals surface area contributed by atoms with Crippen LogP contribution < -0.4 is 5.73 Å². The van der Waals surface area contributed by atoms with Gasteiger partial charge in [0.25, 0.3) is 0 Å². The van der Waals surface area contributed by atoms with E-state index >= 15 is 0 Å². The maximum Gasteiger partial charge on any atom is 0.140 e. The Bertz CT molecular complexity index is 237. The van der Waals surface area contributed by atoms with Crippen LogP contribution in [0.5, 0.6) is 0 Å². The Hall–Kier alpha value is -1.07. The Labute approximate surface area is 72.8 Å². The second kappa shape index (κ2) is 4.08. The maximum absolute atomic E-state index is 11.3. The van der Waals surface area contributed by atoms with E-state index in [2.05, 4.69) is 5.92 Å². The zero-order chi connectivity index (χ0) is 8.97. The molecule has 0 aromatic carbocycles. The van der Waals surface area contributed by atoms with Crippen molar-refractivity contribution in [2.75, 3.05) is 0 Å². The molecule has 1 aliphatic carbocycles. The van der Waals surface area contributed by atoms with Crippen LogP contribution in [0, 0.1) is 18.3 Å². The summed E-state index contributed by atoms with van der Waals surface area (Å²) < 4.78 is 0. The van der Waals surface area contributed by atoms with Crippen LogP contribution in [-0.2, 0) is 4.79 Å². The van der Waals surface area contributed by atoms with Gasteiger partial charge in [0.05, 0.1) is 0 Å². The Morgan fingerprint density at radius 3 is 2.92 bits per heavy atom. The number of ketones is 1. The summed E-state index contributed by atoms with van der Waals surface area (Å²) in [5.74, 6) is 2.70. The van der Waals surface area contributed by atoms with Gasteiger partial charge in [-0.05, 0) is 6.42 Å². The lowest BCUT2D eigenvalue weighted by molar-refractivity contribution is -0.121. The first-order chi connectivity index (χ1) is 5.74. The largest absolute Gasteiger partial charge is 0.324 e. The average Bonchev–Trinajstić information content (AvgIpc) is 2.47. The minimum atomic E-state index is 0.0216. The lowest BCUT2D eigenvalue weighted by Gasteiger charge is -2.05. The molecule has 0 spiro atoms. The molecule has 0 amide bonds. The van der Waals surface area contributed by atoms with Crippen LogP contribution in [0.2, 0.25) is 0 Å². The van der Waals surface area contributed by atoms with E-state index in [4.69, 9.17) is 12.2 Å². The third-order valence-electron chi connectivity index (χ3n) is 2.05. The molecular formula is C10H13NO. The van der Waals surface area contributed by atoms with Crippen molar-refractivity contribution in [3.05, 3.63) is 12.2 Å². The second-order valence-corrected chi connectivity index (χ2v) is 3.06. The van der Waals surface area contributed by atoms with Crippen molar-refractivity contribution in [2.24, 2.45) is 11.7 Å². The van der Waals surface area contributed by atoms with Crippen molar-refractivity contribution in [2.45, 2.75) is 25.3 Å². The predicted octanol–water partition coefficient (Wildman–Crippen LogP) is 0.872. The number of terminal acetylenes is 1. The highest BCUT2D eigenvalue weighted by atomic mass is 16.1. The topological polar surface area (TPSA) is 43.1 Å². The van der Waals surface area contributed by atoms with Gasteiger partial charge in [-0.25, -0.2) is 0 Å². The molecule has 2 N–H and O–H groups in total. The van der Waals surface area contributed by atoms with Crippen LogP contribution in [0.25, 0.3) is 0 Å². The second-order valence-electron chi connectivity index (χ2n) is 3.06. The fraction of sp³-hybridized carbons (Fsp3) is 0.500. The summed E-state index contributed by atoms with van der Waals surface area (Å²) in [4.78, 5) is 11.3. The number of Topliss-reactive ketones (excluding diaryl/α,β-unsaturated/α-hetero) is 1. The van der Waals surface area contributed by atoms with Crippen molar-refractivity contribution in [1.82, 2.24) is 0 Å². The summed E-state index contributed by atoms with van der Waals surface area (Å²) in [6.45, 7) is 0. The molecule has 0 saturated heterocycles. The lowest BCUT2D eigenvalue weighted by Crippen LogP contribution is -2.18. The van der Waals surface area contributed by atoms with Crippen LogP contribution in [0.1, 0.15) is 19.3 Å². The average molecular weight is 163 g/mol. The summed E-state index contributed by atoms with van der Waals surface area (Å²) >= 11 is 0. The molecule has 0 aliphatic heterocycles. The normalized spacial score (nSPS) is 27.0. The Kier molecular flexibility index (Phi) is 3.07. The number of hydrogen-bond acceptors (Lipinski definition) is 2. The van der Waals surface area contributed by atoms with Crippen molar-refractivity contribution in [1.29, 1.82) is 0 Å². The maximum atomic E-state index is 11.3. The van der Waals surface area contributed by atoms with E-state index < -0.39 is 0 Å². The number of nitrogens with two attached hydrogens (primary N) is 1. The van der Waals surface area contributed by atoms with Crippen LogP contribution in [0.3, 0.4) is 0 Å². The van der Waals surface area contributed by atoms with Crippen LogP contribution in [-0.4, -0.2) is 11.8 Å². The van der Waals surface area contributed by atoms with E-state index in [1.165, 1.54) is 0 Å². The summed E-state index contributed by atoms with van der Waals surface area (Å²) in [5, 5.41) is 0. The predicted molar refractivity (Wildman–Crippen MR) is 48.3 cm³/mol. The molecule has 1 aliphatic rings. The Balaban J connectivity index is 2.35. The molecule has 0 bridgehead atoms. The van der Waals surface area contributed by atoms with Gasteiger partial charge in [0.15, 0.2) is 0 Å². The molecule has 2 nitrogen and oxygen atoms in total. The van der Waals surface area contributed by atoms with E-state index in [1.807, 2.05) is 12.2 Å². The molecule has 12 heavy (non-hydrogen) atoms. The van der Waals surface area contributed by atoms with Gasteiger partial charge in [-0.2, -0.15) is 0 Å². The smallest absolute Gasteiger partial charge is 0.140 e. The highest BCUT2D eigenvalue weighted by Gasteiger charge is 2.21. The first-order valence-electron chi connectivity index (χ1n) is 4.14. The molecule has 1 rings (SSSR count). The van der Waals surface area contributed by atoms with E-state index in [-0.39, 0.29) is 17.7 Å². The molecular weight excluding hydrogens is 150 g/mol. The molecule has 0 saturated carbocycles. The monoisotopic (exact) mass is 163 g/mol. The van der Waals surface area contributed by atoms with E-state index in [1.54, 1.807) is 0 Å². The Morgan fingerprint density at radius 1 is 1.67 bits per heavy atom. The van der Waals surface area contributed by atoms with Crippen molar-refractivity contribution >= 4 is 5.78 Å². The fourth-order valence-corrected chi connectivity index (χ4v) is 1.35. The molecule has 2 atom stereocenters. The molecule has 0 heterocycles. The van der Waals surface area contributed by atoms with Crippen molar-refractivity contribution < 1.29 is 4.79 Å². The van der Waals surface area contributed by atoms with Crippen LogP contribution >= 0.6 is 0 Å². The van der Waals surface area contributed by atoms with Crippen LogP contribution in [0.4, 0.5) is 0 Å². The molecule has 0 aromatic rings. The molecule has 64 valence electrons. The third kappa shape index (κ3) is 2.21. The number of allylic oxidation sites excluding steroid dienone is 1. The summed E-state index contributed by atoms with van der Waals surface area (Å²) in [7, 11) is 0. The SMILES string of the molecule is C#CCCC(=O)C1C=CC(N)C1. The van der Waals surface area contributed by atoms with Crippen LogP contribution in [0.15, 0.2) is 12.2 Å². The summed E-state index contributed by atoms with van der Waals surface area (Å²) in [6, 6.07) is 0.0600. The standard InChI is InChI=1S/C10H13NO/c1-2-3-4-10(12)8-5-6-9(11)7-8/h1,5-6,8-9H,3-4,7,11H2. The number of carbonyl (C=O) groups is 1. The number of carbonyl (C=O) groups excluding carboxylic acids is 1. The highest BCUT2D eigenvalue weighted by Crippen LogP contribution is 2.18. The van der Waals surface area contributed by atoms with Gasteiger partial charge in [-0.3, -0.25) is 4.79 Å². The van der Waals surface area contributed by atoms with Gasteiger partial charge in [0, 0.05) is 24.8 Å². The summed E-state index contributed by atoms with van der Waals surface area (Å²) in [6.07, 6.45) is 10.6. The van der Waals surface area contributed by atoms with E-state index in [0.29, 0.717) is 12.8 Å². The van der Waals surface area contributed by atoms with Gasteiger partial charge in [0.2, 0.25) is 0 Å². The highest BCUT2D eigenvalue weighted by molar-refractivity contribution is 5.83. The van der Waals surface area contributed by atoms with Gasteiger partial charge in [0.1, 0.15) is 5.78 Å². The minimum Gasteiger partial charge on any atom is -0.324 e. The van der Waals surface area contributed by atoms with E-state index in [0.717, 1.165) is 6.42 Å². The van der Waals surface area contributed by atoms with E-state index in [9.17, 15) is 4.79 Å². The fourth-order valence-electron chi connectivity index (χ4n) is 1.35. The van der Waals surface area contributed by atoms with Crippen molar-refractivity contribution in [3.63, 3.8) is 0 Å². The molecule has 2 heteroatoms. The van der Waals surface area contributed by atoms with Crippen molar-refractivity contribution in [3.8, 4) is 12.3 Å². The quantitative estimate of drug-likeness (QED) is 0.495. The lowest BCUT2D eigenvalue weighted by atomic mass is 9.99. The number of hydrogen-bond donors (Lipinski definition) is 1. The van der Waals surface area contributed by atoms with Gasteiger partial charge in [-0.15, -0.1) is 12.3 Å². The zero-order valence-corrected chi connectivity index (χ0v) is 6.99. The molecule has 0 aromatic heterocycles. The molecule has 0 radical (unpaired) electrons. The van der Waals surface area contributed by atoms with Gasteiger partial charge < -0.3 is 5.73 Å². The first kappa shape index (κ1) is 9.02. The molecule has 2 unspecified atom stereocenters. The Morgan fingerprint density at radius 2 is 2.42 bits per heavy atom. The third-order valence-corrected chi connectivity index (χ3v) is 2.05. The summed E-state index contributed by atoms with van der Waals surface area (Å²) in [5.41, 5.74) is 5.61. The number of rotatable bonds is 3. The first-order valence-corrected chi connectivity index (χ1v) is 4.14.